The van der Waals surface area contributed by atoms with Crippen LogP contribution in [-0.4, -0.2) is 65.7 Å². The first kappa shape index (κ1) is 17.3. The third-order valence-electron chi connectivity index (χ3n) is 4.79. The van der Waals surface area contributed by atoms with Gasteiger partial charge in [0.05, 0.1) is 0 Å². The van der Waals surface area contributed by atoms with Crippen LogP contribution >= 0.6 is 0 Å². The Kier molecular flexibility index (Phi) is 5.12. The van der Waals surface area contributed by atoms with Crippen LogP contribution in [0, 0.1) is 11.6 Å². The minimum atomic E-state index is -1.45. The Morgan fingerprint density at radius 1 is 1.21 bits per heavy atom. The Labute approximate surface area is 140 Å². The Morgan fingerprint density at radius 3 is 2.71 bits per heavy atom. The summed E-state index contributed by atoms with van der Waals surface area (Å²) >= 11 is 0. The van der Waals surface area contributed by atoms with E-state index in [1.807, 2.05) is 0 Å². The lowest BCUT2D eigenvalue weighted by atomic mass is 9.90. The highest BCUT2D eigenvalue weighted by Crippen LogP contribution is 2.26. The molecule has 0 spiro atoms. The van der Waals surface area contributed by atoms with Crippen molar-refractivity contribution < 1.29 is 18.7 Å². The van der Waals surface area contributed by atoms with E-state index in [9.17, 15) is 18.7 Å². The number of piperazine rings is 1. The number of hydrogen-bond donors (Lipinski definition) is 2. The first-order valence-electron chi connectivity index (χ1n) is 8.37. The van der Waals surface area contributed by atoms with E-state index in [0.717, 1.165) is 32.2 Å². The maximum Gasteiger partial charge on any atom is 0.256 e. The molecule has 2 N–H and O–H groups in total. The second-order valence-corrected chi connectivity index (χ2v) is 6.60. The van der Waals surface area contributed by atoms with Crippen LogP contribution in [0.1, 0.15) is 18.4 Å². The Morgan fingerprint density at radius 2 is 1.96 bits per heavy atom. The monoisotopic (exact) mass is 339 g/mol. The van der Waals surface area contributed by atoms with E-state index in [4.69, 9.17) is 0 Å². The molecule has 2 fully saturated rings. The van der Waals surface area contributed by atoms with E-state index in [1.165, 1.54) is 17.0 Å². The number of β-amino-alcohol motifs (C(OH)–C–C–N with tert-alkyl or cyclic N) is 1. The van der Waals surface area contributed by atoms with Crippen molar-refractivity contribution in [2.75, 3.05) is 39.3 Å². The van der Waals surface area contributed by atoms with Crippen molar-refractivity contribution in [3.05, 3.63) is 35.4 Å². The molecule has 2 aliphatic rings. The van der Waals surface area contributed by atoms with Crippen molar-refractivity contribution in [3.8, 4) is 0 Å². The molecule has 1 aromatic carbocycles. The summed E-state index contributed by atoms with van der Waals surface area (Å²) in [4.78, 5) is 16.2. The maximum absolute atomic E-state index is 13.9. The van der Waals surface area contributed by atoms with Crippen molar-refractivity contribution in [2.45, 2.75) is 25.0 Å². The van der Waals surface area contributed by atoms with E-state index in [-0.39, 0.29) is 18.7 Å². The summed E-state index contributed by atoms with van der Waals surface area (Å²) < 4.78 is 27.2. The van der Waals surface area contributed by atoms with Gasteiger partial charge in [0, 0.05) is 51.4 Å². The number of aliphatic hydroxyl groups is 1. The predicted molar refractivity (Wildman–Crippen MR) is 85.3 cm³/mol. The number of carbonyl (C=O) groups is 1. The summed E-state index contributed by atoms with van der Waals surface area (Å²) in [5.74, 6) is -2.24. The van der Waals surface area contributed by atoms with Gasteiger partial charge in [0.15, 0.2) is 17.2 Å². The van der Waals surface area contributed by atoms with E-state index in [1.54, 1.807) is 0 Å². The molecule has 5 nitrogen and oxygen atoms in total. The van der Waals surface area contributed by atoms with Crippen molar-refractivity contribution in [2.24, 2.45) is 0 Å². The molecule has 0 bridgehead atoms. The molecule has 2 saturated heterocycles. The zero-order chi connectivity index (χ0) is 17.2. The van der Waals surface area contributed by atoms with Crippen LogP contribution in [0.15, 0.2) is 18.2 Å². The normalized spacial score (nSPS) is 26.0. The van der Waals surface area contributed by atoms with E-state index < -0.39 is 23.1 Å². The van der Waals surface area contributed by atoms with Gasteiger partial charge in [-0.2, -0.15) is 0 Å². The van der Waals surface area contributed by atoms with Crippen LogP contribution in [-0.2, 0) is 11.3 Å². The molecule has 0 aromatic heterocycles. The molecule has 0 radical (unpaired) electrons. The van der Waals surface area contributed by atoms with Gasteiger partial charge in [-0.25, -0.2) is 8.78 Å². The van der Waals surface area contributed by atoms with Gasteiger partial charge in [0.1, 0.15) is 0 Å². The molecule has 0 saturated carbocycles. The van der Waals surface area contributed by atoms with Crippen molar-refractivity contribution in [1.29, 1.82) is 0 Å². The maximum atomic E-state index is 13.9. The average Bonchev–Trinajstić information content (AvgIpc) is 2.57. The number of amides is 1. The van der Waals surface area contributed by atoms with Gasteiger partial charge >= 0.3 is 0 Å². The molecule has 0 aliphatic carbocycles. The lowest BCUT2D eigenvalue weighted by Crippen LogP contribution is -2.60. The molecule has 2 heterocycles. The topological polar surface area (TPSA) is 55.8 Å². The lowest BCUT2D eigenvalue weighted by Gasteiger charge is -2.41. The Balaban J connectivity index is 1.70. The second-order valence-electron chi connectivity index (χ2n) is 6.60. The molecule has 1 atom stereocenters. The van der Waals surface area contributed by atoms with Crippen LogP contribution in [0.25, 0.3) is 0 Å². The SMILES string of the molecule is O=C1N(Cc2cccc(F)c2F)CCC[C@@]1(O)CN1CCNCC1. The standard InChI is InChI=1S/C17H23F2N3O2/c18-14-4-1-3-13(15(14)19)11-22-8-2-5-17(24,16(22)23)12-21-9-6-20-7-10-21/h1,3-4,20,24H,2,5-12H2/t17-/m1/s1. The van der Waals surface area contributed by atoms with Gasteiger partial charge in [-0.15, -0.1) is 0 Å². The van der Waals surface area contributed by atoms with Crippen molar-refractivity contribution in [3.63, 3.8) is 0 Å². The third-order valence-corrected chi connectivity index (χ3v) is 4.79. The molecule has 1 amide bonds. The molecule has 132 valence electrons. The molecule has 1 aromatic rings. The fourth-order valence-electron chi connectivity index (χ4n) is 3.48. The fraction of sp³-hybridized carbons (Fsp3) is 0.588. The molecule has 7 heteroatoms. The summed E-state index contributed by atoms with van der Waals surface area (Å²) in [5.41, 5.74) is -1.31. The van der Waals surface area contributed by atoms with Crippen LogP contribution in [0.5, 0.6) is 0 Å². The second kappa shape index (κ2) is 7.13. The molecule has 0 unspecified atom stereocenters. The summed E-state index contributed by atoms with van der Waals surface area (Å²) in [7, 11) is 0. The van der Waals surface area contributed by atoms with E-state index in [0.29, 0.717) is 19.4 Å². The first-order valence-corrected chi connectivity index (χ1v) is 8.37. The number of benzene rings is 1. The zero-order valence-electron chi connectivity index (χ0n) is 13.6. The van der Waals surface area contributed by atoms with Crippen LogP contribution < -0.4 is 5.32 Å². The zero-order valence-corrected chi connectivity index (χ0v) is 13.6. The number of carbonyl (C=O) groups excluding carboxylic acids is 1. The molecule has 24 heavy (non-hydrogen) atoms. The Bertz CT molecular complexity index is 607. The smallest absolute Gasteiger partial charge is 0.256 e. The lowest BCUT2D eigenvalue weighted by molar-refractivity contribution is -0.160. The van der Waals surface area contributed by atoms with Crippen LogP contribution in [0.3, 0.4) is 0 Å². The van der Waals surface area contributed by atoms with Gasteiger partial charge in [0.2, 0.25) is 0 Å². The molecular formula is C17H23F2N3O2. The molecule has 2 aliphatic heterocycles. The minimum Gasteiger partial charge on any atom is -0.379 e. The summed E-state index contributed by atoms with van der Waals surface area (Å²) in [6.07, 6.45) is 1.04. The summed E-state index contributed by atoms with van der Waals surface area (Å²) in [5, 5.41) is 14.1. The molecular weight excluding hydrogens is 316 g/mol. The highest BCUT2D eigenvalue weighted by atomic mass is 19.2. The summed E-state index contributed by atoms with van der Waals surface area (Å²) in [6, 6.07) is 3.95. The highest BCUT2D eigenvalue weighted by molar-refractivity contribution is 5.86. The van der Waals surface area contributed by atoms with Gasteiger partial charge in [-0.1, -0.05) is 12.1 Å². The van der Waals surface area contributed by atoms with Gasteiger partial charge in [-0.05, 0) is 18.9 Å². The number of hydrogen-bond acceptors (Lipinski definition) is 4. The number of halogens is 2. The largest absolute Gasteiger partial charge is 0.379 e. The number of likely N-dealkylation sites (tertiary alicyclic amines) is 1. The Hall–Kier alpha value is -1.57. The predicted octanol–water partition coefficient (Wildman–Crippen LogP) is 0.723. The van der Waals surface area contributed by atoms with Gasteiger partial charge < -0.3 is 15.3 Å². The quantitative estimate of drug-likeness (QED) is 0.849. The van der Waals surface area contributed by atoms with Crippen molar-refractivity contribution in [1.82, 2.24) is 15.1 Å². The first-order chi connectivity index (χ1) is 11.5. The van der Waals surface area contributed by atoms with Crippen molar-refractivity contribution >= 4 is 5.91 Å². The number of nitrogens with zero attached hydrogens (tertiary/aromatic N) is 2. The average molecular weight is 339 g/mol. The molecule has 3 rings (SSSR count). The minimum absolute atomic E-state index is 0.0215. The fourth-order valence-corrected chi connectivity index (χ4v) is 3.48. The summed E-state index contributed by atoms with van der Waals surface area (Å²) in [6.45, 7) is 3.95. The highest BCUT2D eigenvalue weighted by Gasteiger charge is 2.43. The van der Waals surface area contributed by atoms with E-state index in [2.05, 4.69) is 10.2 Å². The number of nitrogens with one attached hydrogen (secondary N) is 1. The van der Waals surface area contributed by atoms with E-state index >= 15 is 0 Å². The van der Waals surface area contributed by atoms with Crippen LogP contribution in [0.4, 0.5) is 8.78 Å². The van der Waals surface area contributed by atoms with Gasteiger partial charge in [0.25, 0.3) is 5.91 Å². The number of rotatable bonds is 4. The third kappa shape index (κ3) is 3.58. The van der Waals surface area contributed by atoms with Gasteiger partial charge in [-0.3, -0.25) is 9.69 Å². The number of piperidine rings is 1. The van der Waals surface area contributed by atoms with Crippen LogP contribution in [0.2, 0.25) is 0 Å².